The Kier molecular flexibility index (Phi) is 7.48. The van der Waals surface area contributed by atoms with Crippen molar-refractivity contribution < 1.29 is 8.83 Å². The number of hydrogen-bond donors (Lipinski definition) is 0. The van der Waals surface area contributed by atoms with Gasteiger partial charge in [0.1, 0.15) is 22.3 Å². The number of rotatable bonds is 6. The molecule has 0 bridgehead atoms. The highest BCUT2D eigenvalue weighted by molar-refractivity contribution is 6.18. The van der Waals surface area contributed by atoms with E-state index in [0.29, 0.717) is 11.5 Å². The molecule has 9 rings (SSSR count). The zero-order chi connectivity index (χ0) is 34.3. The fourth-order valence-electron chi connectivity index (χ4n) is 6.85. The summed E-state index contributed by atoms with van der Waals surface area (Å²) >= 11 is 0. The Hall–Kier alpha value is -6.78. The van der Waals surface area contributed by atoms with E-state index in [0.717, 1.165) is 88.5 Å². The lowest BCUT2D eigenvalue weighted by Gasteiger charge is -2.10. The first-order valence-electron chi connectivity index (χ1n) is 17.0. The summed E-state index contributed by atoms with van der Waals surface area (Å²) in [6, 6.07) is 55.7. The summed E-state index contributed by atoms with van der Waals surface area (Å²) in [5, 5.41) is 4.16. The molecular weight excluding hydrogens is 625 g/mol. The molecule has 2 heterocycles. The van der Waals surface area contributed by atoms with Gasteiger partial charge in [0.15, 0.2) is 5.84 Å². The van der Waals surface area contributed by atoms with Gasteiger partial charge >= 0.3 is 0 Å². The van der Waals surface area contributed by atoms with Crippen LogP contribution in [0.5, 0.6) is 0 Å². The highest BCUT2D eigenvalue weighted by Crippen LogP contribution is 2.38. The first-order valence-corrected chi connectivity index (χ1v) is 17.0. The first-order chi connectivity index (χ1) is 25.1. The highest BCUT2D eigenvalue weighted by atomic mass is 16.3. The highest BCUT2D eigenvalue weighted by Gasteiger charge is 2.18. The van der Waals surface area contributed by atoms with E-state index >= 15 is 0 Å². The molecule has 0 saturated carbocycles. The van der Waals surface area contributed by atoms with Crippen LogP contribution in [-0.2, 0) is 0 Å². The summed E-state index contributed by atoms with van der Waals surface area (Å²) in [6.07, 6.45) is 0. The molecule has 0 fully saturated rings. The van der Waals surface area contributed by atoms with Gasteiger partial charge in [0.2, 0.25) is 0 Å². The summed E-state index contributed by atoms with van der Waals surface area (Å²) in [7, 11) is 0. The van der Waals surface area contributed by atoms with Crippen molar-refractivity contribution in [3.63, 3.8) is 0 Å². The second-order valence-corrected chi connectivity index (χ2v) is 12.7. The number of aliphatic imine (C=N–C) groups is 2. The third-order valence-electron chi connectivity index (χ3n) is 9.44. The largest absolute Gasteiger partial charge is 0.455 e. The van der Waals surface area contributed by atoms with E-state index in [1.165, 1.54) is 0 Å². The van der Waals surface area contributed by atoms with Crippen LogP contribution in [0.1, 0.15) is 23.6 Å². The van der Waals surface area contributed by atoms with Crippen LogP contribution in [0.2, 0.25) is 0 Å². The minimum atomic E-state index is 0.565. The lowest BCUT2D eigenvalue weighted by molar-refractivity contribution is 0.669. The zero-order valence-corrected chi connectivity index (χ0v) is 28.0. The predicted octanol–water partition coefficient (Wildman–Crippen LogP) is 12.7. The van der Waals surface area contributed by atoms with Crippen molar-refractivity contribution in [2.24, 2.45) is 9.98 Å². The second kappa shape index (κ2) is 12.6. The van der Waals surface area contributed by atoms with Crippen LogP contribution in [0.15, 0.2) is 189 Å². The SMILES string of the molecule is C=C(/N=C(\N=C(/C)c1cc(-c2ccccc2)c2oc3ccccc3c2c1)c1ccc2oc3c(-c4ccccc4)cccc3c2c1)c1ccccc1. The van der Waals surface area contributed by atoms with Crippen molar-refractivity contribution in [2.75, 3.05) is 0 Å². The topological polar surface area (TPSA) is 51.0 Å². The maximum atomic E-state index is 6.50. The van der Waals surface area contributed by atoms with Crippen molar-refractivity contribution in [2.45, 2.75) is 6.92 Å². The lowest BCUT2D eigenvalue weighted by Crippen LogP contribution is -2.05. The minimum absolute atomic E-state index is 0.565. The lowest BCUT2D eigenvalue weighted by atomic mass is 9.97. The fraction of sp³-hybridized carbons (Fsp3) is 0.0213. The third-order valence-corrected chi connectivity index (χ3v) is 9.44. The number of amidine groups is 1. The molecule has 242 valence electrons. The van der Waals surface area contributed by atoms with Gasteiger partial charge in [-0.15, -0.1) is 0 Å². The molecule has 9 aromatic rings. The maximum Gasteiger partial charge on any atom is 0.160 e. The van der Waals surface area contributed by atoms with Crippen molar-refractivity contribution in [3.8, 4) is 22.3 Å². The standard InChI is InChI=1S/C47H32N2O2/c1-30(32-15-6-3-7-16-32)48-47(35-25-26-44-41(27-35)39-23-14-22-37(45(39)51-44)33-17-8-4-9-18-33)49-31(2)36-28-40(34-19-10-5-11-20-34)46-42(29-36)38-21-12-13-24-43(38)50-46/h3-29H,1H2,2H3/b48-47-,49-31+. The number of furan rings is 2. The number of nitrogens with zero attached hydrogens (tertiary/aromatic N) is 2. The van der Waals surface area contributed by atoms with Crippen LogP contribution in [0.3, 0.4) is 0 Å². The molecule has 0 aliphatic heterocycles. The third kappa shape index (κ3) is 5.53. The normalized spacial score (nSPS) is 12.3. The molecule has 51 heavy (non-hydrogen) atoms. The van der Waals surface area contributed by atoms with E-state index in [1.807, 2.05) is 91.9 Å². The van der Waals surface area contributed by atoms with E-state index in [9.17, 15) is 0 Å². The minimum Gasteiger partial charge on any atom is -0.455 e. The van der Waals surface area contributed by atoms with Crippen LogP contribution in [-0.4, -0.2) is 11.5 Å². The van der Waals surface area contributed by atoms with Gasteiger partial charge < -0.3 is 8.83 Å². The van der Waals surface area contributed by atoms with Gasteiger partial charge in [-0.1, -0.05) is 134 Å². The van der Waals surface area contributed by atoms with Crippen molar-refractivity contribution in [1.82, 2.24) is 0 Å². The molecule has 0 N–H and O–H groups in total. The van der Waals surface area contributed by atoms with E-state index in [1.54, 1.807) is 0 Å². The Morgan fingerprint density at radius 1 is 0.451 bits per heavy atom. The molecule has 0 unspecified atom stereocenters. The van der Waals surface area contributed by atoms with Crippen LogP contribution < -0.4 is 0 Å². The van der Waals surface area contributed by atoms with E-state index in [4.69, 9.17) is 18.8 Å². The molecule has 0 aliphatic rings. The van der Waals surface area contributed by atoms with Gasteiger partial charge in [-0.25, -0.2) is 9.98 Å². The summed E-state index contributed by atoms with van der Waals surface area (Å²) in [5.41, 5.74) is 11.9. The number of hydrogen-bond acceptors (Lipinski definition) is 3. The molecule has 0 spiro atoms. The molecule has 0 radical (unpaired) electrons. The number of para-hydroxylation sites is 2. The molecule has 0 saturated heterocycles. The molecule has 0 atom stereocenters. The fourth-order valence-corrected chi connectivity index (χ4v) is 6.85. The molecule has 0 aliphatic carbocycles. The molecule has 7 aromatic carbocycles. The Morgan fingerprint density at radius 3 is 1.78 bits per heavy atom. The molecule has 4 nitrogen and oxygen atoms in total. The Bertz CT molecular complexity index is 2810. The van der Waals surface area contributed by atoms with Gasteiger partial charge in [-0.05, 0) is 65.6 Å². The summed E-state index contributed by atoms with van der Waals surface area (Å²) in [5.74, 6) is 0.565. The molecule has 0 amide bonds. The van der Waals surface area contributed by atoms with E-state index in [-0.39, 0.29) is 0 Å². The monoisotopic (exact) mass is 656 g/mol. The maximum absolute atomic E-state index is 6.50. The first kappa shape index (κ1) is 30.3. The van der Waals surface area contributed by atoms with Crippen LogP contribution in [0, 0.1) is 0 Å². The zero-order valence-electron chi connectivity index (χ0n) is 28.0. The van der Waals surface area contributed by atoms with Crippen LogP contribution in [0.25, 0.3) is 71.8 Å². The van der Waals surface area contributed by atoms with Crippen molar-refractivity contribution in [3.05, 3.63) is 187 Å². The quantitative estimate of drug-likeness (QED) is 0.132. The summed E-state index contributed by atoms with van der Waals surface area (Å²) in [4.78, 5) is 10.4. The predicted molar refractivity (Wildman–Crippen MR) is 213 cm³/mol. The van der Waals surface area contributed by atoms with E-state index < -0.39 is 0 Å². The van der Waals surface area contributed by atoms with Crippen molar-refractivity contribution in [1.29, 1.82) is 0 Å². The van der Waals surface area contributed by atoms with E-state index in [2.05, 4.69) is 85.4 Å². The Balaban J connectivity index is 1.22. The Labute approximate surface area is 295 Å². The average Bonchev–Trinajstić information content (AvgIpc) is 3.76. The van der Waals surface area contributed by atoms with Crippen molar-refractivity contribution >= 4 is 61.1 Å². The molecular formula is C47H32N2O2. The number of fused-ring (bicyclic) bond motifs is 6. The summed E-state index contributed by atoms with van der Waals surface area (Å²) < 4.78 is 12.9. The number of benzene rings is 7. The summed E-state index contributed by atoms with van der Waals surface area (Å²) in [6.45, 7) is 6.39. The average molecular weight is 657 g/mol. The van der Waals surface area contributed by atoms with Crippen LogP contribution >= 0.6 is 0 Å². The molecule has 2 aromatic heterocycles. The van der Waals surface area contributed by atoms with Gasteiger partial charge in [0.25, 0.3) is 0 Å². The smallest absolute Gasteiger partial charge is 0.160 e. The second-order valence-electron chi connectivity index (χ2n) is 12.7. The van der Waals surface area contributed by atoms with Gasteiger partial charge in [-0.2, -0.15) is 0 Å². The van der Waals surface area contributed by atoms with Gasteiger partial charge in [0.05, 0.1) is 5.70 Å². The Morgan fingerprint density at radius 2 is 1.04 bits per heavy atom. The van der Waals surface area contributed by atoms with Gasteiger partial charge in [-0.3, -0.25) is 0 Å². The van der Waals surface area contributed by atoms with Crippen LogP contribution in [0.4, 0.5) is 0 Å². The van der Waals surface area contributed by atoms with Gasteiger partial charge in [0, 0.05) is 43.9 Å². The molecule has 4 heteroatoms.